The van der Waals surface area contributed by atoms with Crippen molar-refractivity contribution >= 4 is 36.7 Å². The first-order chi connectivity index (χ1) is 13.8. The molecule has 0 bridgehead atoms. The van der Waals surface area contributed by atoms with Crippen molar-refractivity contribution in [3.63, 3.8) is 0 Å². The summed E-state index contributed by atoms with van der Waals surface area (Å²) < 4.78 is 27.9. The van der Waals surface area contributed by atoms with Crippen LogP contribution in [0.15, 0.2) is 92.1 Å². The lowest BCUT2D eigenvalue weighted by atomic mass is 10.2. The van der Waals surface area contributed by atoms with E-state index < -0.39 is 9.84 Å². The summed E-state index contributed by atoms with van der Waals surface area (Å²) in [5.41, 5.74) is 2.30. The number of nitrogens with zero attached hydrogens (tertiary/aromatic N) is 2. The zero-order valence-electron chi connectivity index (χ0n) is 15.5. The number of hydrogen-bond acceptors (Lipinski definition) is 4. The van der Waals surface area contributed by atoms with Gasteiger partial charge in [0.05, 0.1) is 33.6 Å². The van der Waals surface area contributed by atoms with E-state index in [0.717, 1.165) is 15.6 Å². The van der Waals surface area contributed by atoms with Gasteiger partial charge in [-0.15, -0.1) is 0 Å². The SMILES string of the molecule is Cc1ccc(S(=O)(=O)c2ccc(Cn3cnc4ccc(Br)cc4c3=O)cc2)cc1. The molecule has 0 fully saturated rings. The van der Waals surface area contributed by atoms with Crippen molar-refractivity contribution in [3.05, 3.63) is 99.0 Å². The molecule has 4 rings (SSSR count). The first-order valence-electron chi connectivity index (χ1n) is 8.90. The average Bonchev–Trinajstić information content (AvgIpc) is 2.71. The van der Waals surface area contributed by atoms with Gasteiger partial charge in [-0.05, 0) is 55.0 Å². The summed E-state index contributed by atoms with van der Waals surface area (Å²) in [5, 5.41) is 0.528. The van der Waals surface area contributed by atoms with Crippen LogP contribution < -0.4 is 5.56 Å². The highest BCUT2D eigenvalue weighted by Gasteiger charge is 2.17. The maximum absolute atomic E-state index is 12.8. The zero-order chi connectivity index (χ0) is 20.6. The summed E-state index contributed by atoms with van der Waals surface area (Å²) in [6.07, 6.45) is 1.51. The van der Waals surface area contributed by atoms with Gasteiger partial charge in [0.1, 0.15) is 0 Å². The van der Waals surface area contributed by atoms with E-state index in [2.05, 4.69) is 20.9 Å². The molecule has 0 aliphatic rings. The van der Waals surface area contributed by atoms with E-state index in [9.17, 15) is 13.2 Å². The highest BCUT2D eigenvalue weighted by molar-refractivity contribution is 9.10. The third-order valence-corrected chi connectivity index (χ3v) is 6.98. The van der Waals surface area contributed by atoms with Gasteiger partial charge in [0.25, 0.3) is 5.56 Å². The minimum absolute atomic E-state index is 0.146. The minimum atomic E-state index is -3.57. The summed E-state index contributed by atoms with van der Waals surface area (Å²) in [6, 6.07) is 18.7. The van der Waals surface area contributed by atoms with Crippen molar-refractivity contribution < 1.29 is 8.42 Å². The van der Waals surface area contributed by atoms with E-state index in [-0.39, 0.29) is 15.4 Å². The summed E-state index contributed by atoms with van der Waals surface area (Å²) in [5.74, 6) is 0. The molecular formula is C22H17BrN2O3S. The maximum Gasteiger partial charge on any atom is 0.261 e. The smallest absolute Gasteiger partial charge is 0.261 e. The van der Waals surface area contributed by atoms with E-state index in [1.54, 1.807) is 60.7 Å². The molecule has 3 aromatic carbocycles. The molecule has 0 amide bonds. The van der Waals surface area contributed by atoms with E-state index in [0.29, 0.717) is 17.4 Å². The molecule has 0 radical (unpaired) electrons. The Balaban J connectivity index is 1.64. The van der Waals surface area contributed by atoms with Gasteiger partial charge in [0, 0.05) is 4.47 Å². The molecule has 5 nitrogen and oxygen atoms in total. The molecule has 0 saturated heterocycles. The Morgan fingerprint density at radius 3 is 2.21 bits per heavy atom. The number of rotatable bonds is 4. The van der Waals surface area contributed by atoms with Crippen LogP contribution in [0.2, 0.25) is 0 Å². The van der Waals surface area contributed by atoms with E-state index in [4.69, 9.17) is 0 Å². The number of benzene rings is 3. The lowest BCUT2D eigenvalue weighted by Crippen LogP contribution is -2.21. The second-order valence-corrected chi connectivity index (χ2v) is 9.66. The minimum Gasteiger partial charge on any atom is -0.294 e. The fraction of sp³-hybridized carbons (Fsp3) is 0.0909. The van der Waals surface area contributed by atoms with Gasteiger partial charge in [-0.1, -0.05) is 45.8 Å². The molecule has 0 aliphatic heterocycles. The van der Waals surface area contributed by atoms with Gasteiger partial charge in [-0.2, -0.15) is 0 Å². The van der Waals surface area contributed by atoms with Crippen molar-refractivity contribution in [2.75, 3.05) is 0 Å². The van der Waals surface area contributed by atoms with Crippen LogP contribution in [-0.4, -0.2) is 18.0 Å². The third-order valence-electron chi connectivity index (χ3n) is 4.70. The molecule has 7 heteroatoms. The molecule has 0 N–H and O–H groups in total. The van der Waals surface area contributed by atoms with Crippen molar-refractivity contribution in [1.29, 1.82) is 0 Å². The maximum atomic E-state index is 12.8. The van der Waals surface area contributed by atoms with Crippen LogP contribution in [-0.2, 0) is 16.4 Å². The lowest BCUT2D eigenvalue weighted by Gasteiger charge is -2.09. The van der Waals surface area contributed by atoms with E-state index in [1.807, 2.05) is 13.0 Å². The Hall–Kier alpha value is -2.77. The van der Waals surface area contributed by atoms with Gasteiger partial charge in [-0.25, -0.2) is 13.4 Å². The summed E-state index contributed by atoms with van der Waals surface area (Å²) in [7, 11) is -3.57. The van der Waals surface area contributed by atoms with Gasteiger partial charge >= 0.3 is 0 Å². The zero-order valence-corrected chi connectivity index (χ0v) is 17.9. The number of aromatic nitrogens is 2. The Labute approximate surface area is 176 Å². The van der Waals surface area contributed by atoms with Crippen molar-refractivity contribution in [2.45, 2.75) is 23.3 Å². The standard InChI is InChI=1S/C22H17BrN2O3S/c1-15-2-7-18(8-3-15)29(27,28)19-9-4-16(5-10-19)13-25-14-24-21-11-6-17(23)12-20(21)22(25)26/h2-12,14H,13H2,1H3. The normalized spacial score (nSPS) is 11.7. The van der Waals surface area contributed by atoms with Crippen molar-refractivity contribution in [3.8, 4) is 0 Å². The Bertz CT molecular complexity index is 1360. The monoisotopic (exact) mass is 468 g/mol. The second-order valence-electron chi connectivity index (χ2n) is 6.80. The highest BCUT2D eigenvalue weighted by Crippen LogP contribution is 2.22. The number of fused-ring (bicyclic) bond motifs is 1. The molecule has 0 spiro atoms. The molecule has 29 heavy (non-hydrogen) atoms. The second kappa shape index (κ2) is 7.57. The first-order valence-corrected chi connectivity index (χ1v) is 11.2. The Kier molecular flexibility index (Phi) is 5.10. The van der Waals surface area contributed by atoms with Crippen molar-refractivity contribution in [2.24, 2.45) is 0 Å². The molecular weight excluding hydrogens is 452 g/mol. The van der Waals surface area contributed by atoms with Crippen LogP contribution in [0.5, 0.6) is 0 Å². The summed E-state index contributed by atoms with van der Waals surface area (Å²) in [6.45, 7) is 2.21. The predicted molar refractivity (Wildman–Crippen MR) is 116 cm³/mol. The molecule has 0 aliphatic carbocycles. The molecule has 4 aromatic rings. The van der Waals surface area contributed by atoms with Gasteiger partial charge in [0.2, 0.25) is 9.84 Å². The van der Waals surface area contributed by atoms with Gasteiger partial charge < -0.3 is 0 Å². The number of aryl methyl sites for hydroxylation is 1. The van der Waals surface area contributed by atoms with Gasteiger partial charge in [-0.3, -0.25) is 9.36 Å². The Morgan fingerprint density at radius 1 is 0.931 bits per heavy atom. The third kappa shape index (κ3) is 3.88. The van der Waals surface area contributed by atoms with Crippen LogP contribution >= 0.6 is 15.9 Å². The van der Waals surface area contributed by atoms with Crippen LogP contribution in [0, 0.1) is 6.92 Å². The van der Waals surface area contributed by atoms with Crippen LogP contribution in [0.4, 0.5) is 0 Å². The molecule has 0 unspecified atom stereocenters. The van der Waals surface area contributed by atoms with Crippen LogP contribution in [0.1, 0.15) is 11.1 Å². The summed E-state index contributed by atoms with van der Waals surface area (Å²) >= 11 is 3.37. The first kappa shape index (κ1) is 19.5. The predicted octanol–water partition coefficient (Wildman–Crippen LogP) is 4.35. The van der Waals surface area contributed by atoms with Crippen LogP contribution in [0.25, 0.3) is 10.9 Å². The highest BCUT2D eigenvalue weighted by atomic mass is 79.9. The fourth-order valence-electron chi connectivity index (χ4n) is 3.07. The quantitative estimate of drug-likeness (QED) is 0.446. The molecule has 146 valence electrons. The fourth-order valence-corrected chi connectivity index (χ4v) is 4.69. The van der Waals surface area contributed by atoms with Gasteiger partial charge in [0.15, 0.2) is 0 Å². The number of hydrogen-bond donors (Lipinski definition) is 0. The number of halogens is 1. The largest absolute Gasteiger partial charge is 0.294 e. The van der Waals surface area contributed by atoms with Crippen molar-refractivity contribution in [1.82, 2.24) is 9.55 Å². The molecule has 0 saturated carbocycles. The topological polar surface area (TPSA) is 69.0 Å². The van der Waals surface area contributed by atoms with E-state index >= 15 is 0 Å². The van der Waals surface area contributed by atoms with E-state index in [1.165, 1.54) is 10.9 Å². The lowest BCUT2D eigenvalue weighted by molar-refractivity contribution is 0.596. The summed E-state index contributed by atoms with van der Waals surface area (Å²) in [4.78, 5) is 17.5. The molecule has 1 aromatic heterocycles. The average molecular weight is 469 g/mol. The molecule has 0 atom stereocenters. The molecule has 1 heterocycles. The number of sulfone groups is 1. The van der Waals surface area contributed by atoms with Crippen LogP contribution in [0.3, 0.4) is 0 Å². The Morgan fingerprint density at radius 2 is 1.55 bits per heavy atom.